The Hall–Kier alpha value is -1.88. The largest absolute Gasteiger partial charge is 0.494 e. The van der Waals surface area contributed by atoms with Gasteiger partial charge in [0.1, 0.15) is 24.4 Å². The van der Waals surface area contributed by atoms with Crippen molar-refractivity contribution < 1.29 is 19.5 Å². The van der Waals surface area contributed by atoms with Gasteiger partial charge in [-0.1, -0.05) is 56.3 Å². The summed E-state index contributed by atoms with van der Waals surface area (Å²) in [5.41, 5.74) is 1.23. The number of rotatable bonds is 9. The third-order valence-corrected chi connectivity index (χ3v) is 5.84. The van der Waals surface area contributed by atoms with Crippen LogP contribution in [0.3, 0.4) is 0 Å². The molecule has 2 N–H and O–H groups in total. The van der Waals surface area contributed by atoms with E-state index >= 15 is 0 Å². The van der Waals surface area contributed by atoms with Crippen LogP contribution >= 0.6 is 0 Å². The second kappa shape index (κ2) is 10.1. The molecule has 4 nitrogen and oxygen atoms in total. The maximum absolute atomic E-state index is 11.9. The predicted octanol–water partition coefficient (Wildman–Crippen LogP) is 2.77. The Labute approximate surface area is 169 Å². The van der Waals surface area contributed by atoms with Crippen molar-refractivity contribution in [2.45, 2.75) is 38.2 Å². The molecule has 0 saturated carbocycles. The molecule has 1 heterocycles. The topological polar surface area (TPSA) is 43.1 Å². The van der Waals surface area contributed by atoms with Crippen LogP contribution in [0.25, 0.3) is 0 Å². The van der Waals surface area contributed by atoms with Gasteiger partial charge in [-0.05, 0) is 36.1 Å². The van der Waals surface area contributed by atoms with Gasteiger partial charge >= 0.3 is 0 Å². The number of hydrogen-bond acceptors (Lipinski definition) is 3. The van der Waals surface area contributed by atoms with Crippen molar-refractivity contribution in [3.63, 3.8) is 0 Å². The third kappa shape index (κ3) is 4.93. The lowest BCUT2D eigenvalue weighted by atomic mass is 9.75. The Morgan fingerprint density at radius 3 is 2.32 bits per heavy atom. The first-order valence-electron chi connectivity index (χ1n) is 10.6. The quantitative estimate of drug-likeness (QED) is 0.699. The van der Waals surface area contributed by atoms with Crippen molar-refractivity contribution in [2.24, 2.45) is 0 Å². The number of nitrogens with one attached hydrogen (secondary N) is 1. The van der Waals surface area contributed by atoms with Gasteiger partial charge in [-0.3, -0.25) is 0 Å². The summed E-state index contributed by atoms with van der Waals surface area (Å²) in [4.78, 5) is 1.50. The maximum Gasteiger partial charge on any atom is 0.119 e. The average molecular weight is 385 g/mol. The molecule has 0 amide bonds. The van der Waals surface area contributed by atoms with Crippen LogP contribution in [0, 0.1) is 0 Å². The highest BCUT2D eigenvalue weighted by Gasteiger charge is 2.40. The molecular weight excluding hydrogens is 350 g/mol. The fourth-order valence-corrected chi connectivity index (χ4v) is 4.11. The SMILES string of the molecule is CCCOc1ccc([C@@](O)(CC)[C@H](C[NH+]2CCOCC2)c2ccccc2)cc1. The Kier molecular flexibility index (Phi) is 7.49. The van der Waals surface area contributed by atoms with Gasteiger partial charge in [0.25, 0.3) is 0 Å². The van der Waals surface area contributed by atoms with Gasteiger partial charge < -0.3 is 19.5 Å². The molecule has 4 heteroatoms. The van der Waals surface area contributed by atoms with E-state index in [1.165, 1.54) is 10.5 Å². The van der Waals surface area contributed by atoms with E-state index in [0.29, 0.717) is 13.0 Å². The minimum atomic E-state index is -0.921. The smallest absolute Gasteiger partial charge is 0.119 e. The molecule has 0 spiro atoms. The maximum atomic E-state index is 11.9. The summed E-state index contributed by atoms with van der Waals surface area (Å²) in [5, 5.41) is 11.9. The molecule has 0 aromatic heterocycles. The number of morpholine rings is 1. The highest BCUT2D eigenvalue weighted by Crippen LogP contribution is 2.39. The van der Waals surface area contributed by atoms with E-state index in [1.807, 2.05) is 30.3 Å². The van der Waals surface area contributed by atoms with Crippen LogP contribution in [0.5, 0.6) is 5.75 Å². The Morgan fingerprint density at radius 2 is 1.71 bits per heavy atom. The monoisotopic (exact) mass is 384 g/mol. The summed E-state index contributed by atoms with van der Waals surface area (Å²) in [7, 11) is 0. The van der Waals surface area contributed by atoms with Gasteiger partial charge in [-0.25, -0.2) is 0 Å². The molecule has 0 radical (unpaired) electrons. The molecule has 0 aliphatic carbocycles. The van der Waals surface area contributed by atoms with Crippen LogP contribution in [0.1, 0.15) is 43.7 Å². The predicted molar refractivity (Wildman–Crippen MR) is 112 cm³/mol. The summed E-state index contributed by atoms with van der Waals surface area (Å²) >= 11 is 0. The van der Waals surface area contributed by atoms with Gasteiger partial charge in [-0.2, -0.15) is 0 Å². The lowest BCUT2D eigenvalue weighted by Crippen LogP contribution is -3.14. The molecule has 1 saturated heterocycles. The number of quaternary nitrogens is 1. The van der Waals surface area contributed by atoms with Crippen LogP contribution in [-0.2, 0) is 10.3 Å². The van der Waals surface area contributed by atoms with Gasteiger partial charge in [0.2, 0.25) is 0 Å². The van der Waals surface area contributed by atoms with Crippen molar-refractivity contribution in [2.75, 3.05) is 39.5 Å². The van der Waals surface area contributed by atoms with Crippen LogP contribution in [0.4, 0.5) is 0 Å². The molecule has 2 atom stereocenters. The molecular formula is C24H34NO3+. The highest BCUT2D eigenvalue weighted by molar-refractivity contribution is 5.35. The molecule has 0 unspecified atom stereocenters. The van der Waals surface area contributed by atoms with E-state index in [9.17, 15) is 5.11 Å². The van der Waals surface area contributed by atoms with Crippen LogP contribution < -0.4 is 9.64 Å². The third-order valence-electron chi connectivity index (χ3n) is 5.84. The normalized spacial score (nSPS) is 18.4. The van der Waals surface area contributed by atoms with Gasteiger partial charge in [-0.15, -0.1) is 0 Å². The molecule has 28 heavy (non-hydrogen) atoms. The first-order chi connectivity index (χ1) is 13.7. The fourth-order valence-electron chi connectivity index (χ4n) is 4.11. The first-order valence-corrected chi connectivity index (χ1v) is 10.6. The molecule has 1 fully saturated rings. The molecule has 1 aliphatic heterocycles. The molecule has 3 rings (SSSR count). The van der Waals surface area contributed by atoms with Crippen LogP contribution in [0.15, 0.2) is 54.6 Å². The highest BCUT2D eigenvalue weighted by atomic mass is 16.5. The van der Waals surface area contributed by atoms with Crippen molar-refractivity contribution in [1.82, 2.24) is 0 Å². The minimum Gasteiger partial charge on any atom is -0.494 e. The Morgan fingerprint density at radius 1 is 1.04 bits per heavy atom. The molecule has 2 aromatic rings. The molecule has 152 valence electrons. The van der Waals surface area contributed by atoms with E-state index in [-0.39, 0.29) is 5.92 Å². The van der Waals surface area contributed by atoms with Crippen molar-refractivity contribution >= 4 is 0 Å². The van der Waals surface area contributed by atoms with E-state index in [2.05, 4.69) is 38.1 Å². The molecule has 0 bridgehead atoms. The van der Waals surface area contributed by atoms with E-state index in [0.717, 1.165) is 50.6 Å². The zero-order chi connectivity index (χ0) is 19.8. The Bertz CT molecular complexity index is 698. The van der Waals surface area contributed by atoms with Crippen molar-refractivity contribution in [3.8, 4) is 5.75 Å². The average Bonchev–Trinajstić information content (AvgIpc) is 2.77. The van der Waals surface area contributed by atoms with Gasteiger partial charge in [0.05, 0.1) is 32.3 Å². The van der Waals surface area contributed by atoms with Crippen LogP contribution in [0.2, 0.25) is 0 Å². The van der Waals surface area contributed by atoms with E-state index < -0.39 is 5.60 Å². The summed E-state index contributed by atoms with van der Waals surface area (Å²) in [6.45, 7) is 9.36. The number of hydrogen-bond donors (Lipinski definition) is 2. The van der Waals surface area contributed by atoms with Gasteiger partial charge in [0.15, 0.2) is 0 Å². The Balaban J connectivity index is 1.90. The first kappa shape index (κ1) is 20.8. The summed E-state index contributed by atoms with van der Waals surface area (Å²) in [6.07, 6.45) is 1.64. The fraction of sp³-hybridized carbons (Fsp3) is 0.500. The zero-order valence-electron chi connectivity index (χ0n) is 17.2. The van der Waals surface area contributed by atoms with Crippen molar-refractivity contribution in [1.29, 1.82) is 0 Å². The summed E-state index contributed by atoms with van der Waals surface area (Å²) < 4.78 is 11.3. The number of benzene rings is 2. The number of aliphatic hydroxyl groups is 1. The van der Waals surface area contributed by atoms with E-state index in [1.54, 1.807) is 0 Å². The second-order valence-corrected chi connectivity index (χ2v) is 7.68. The second-order valence-electron chi connectivity index (χ2n) is 7.68. The van der Waals surface area contributed by atoms with Crippen molar-refractivity contribution in [3.05, 3.63) is 65.7 Å². The summed E-state index contributed by atoms with van der Waals surface area (Å²) in [6, 6.07) is 18.5. The lowest BCUT2D eigenvalue weighted by molar-refractivity contribution is -0.910. The minimum absolute atomic E-state index is 0.0224. The number of ether oxygens (including phenoxy) is 2. The molecule has 2 aromatic carbocycles. The van der Waals surface area contributed by atoms with Crippen LogP contribution in [-0.4, -0.2) is 44.6 Å². The van der Waals surface area contributed by atoms with Gasteiger partial charge in [0, 0.05) is 0 Å². The standard InChI is InChI=1S/C24H33NO3/c1-3-16-28-22-12-10-21(11-13-22)24(26,4-2)23(20-8-6-5-7-9-20)19-25-14-17-27-18-15-25/h5-13,23,26H,3-4,14-19H2,1-2H3/p+1/t23-,24+/m1/s1. The lowest BCUT2D eigenvalue weighted by Gasteiger charge is -2.38. The molecule has 1 aliphatic rings. The van der Waals surface area contributed by atoms with E-state index in [4.69, 9.17) is 9.47 Å². The zero-order valence-corrected chi connectivity index (χ0v) is 17.2. The summed E-state index contributed by atoms with van der Waals surface area (Å²) in [5.74, 6) is 0.883.